The molecule has 1 aliphatic carbocycles. The maximum Gasteiger partial charge on any atom is 0.337 e. The van der Waals surface area contributed by atoms with Crippen molar-refractivity contribution in [3.05, 3.63) is 29.8 Å². The van der Waals surface area contributed by atoms with E-state index in [9.17, 15) is 9.59 Å². The highest BCUT2D eigenvalue weighted by molar-refractivity contribution is 5.89. The third-order valence-corrected chi connectivity index (χ3v) is 4.95. The second kappa shape index (κ2) is 7.02. The number of piperazine rings is 1. The van der Waals surface area contributed by atoms with Gasteiger partial charge >= 0.3 is 5.97 Å². The number of hydrogen-bond donors (Lipinski definition) is 0. The monoisotopic (exact) mass is 316 g/mol. The molecule has 2 aliphatic rings. The largest absolute Gasteiger partial charge is 0.465 e. The normalized spacial score (nSPS) is 19.0. The molecular formula is C18H24N2O3. The maximum absolute atomic E-state index is 12.5. The molecule has 0 bridgehead atoms. The van der Waals surface area contributed by atoms with Gasteiger partial charge in [-0.05, 0) is 37.1 Å². The Morgan fingerprint density at radius 2 is 1.61 bits per heavy atom. The number of amides is 1. The number of nitrogens with zero attached hydrogens (tertiary/aromatic N) is 2. The van der Waals surface area contributed by atoms with Gasteiger partial charge < -0.3 is 14.5 Å². The smallest absolute Gasteiger partial charge is 0.337 e. The van der Waals surface area contributed by atoms with E-state index in [1.165, 1.54) is 20.0 Å². The van der Waals surface area contributed by atoms with Crippen molar-refractivity contribution in [3.63, 3.8) is 0 Å². The molecule has 3 rings (SSSR count). The predicted octanol–water partition coefficient (Wildman–Crippen LogP) is 2.31. The van der Waals surface area contributed by atoms with Gasteiger partial charge in [0.2, 0.25) is 5.91 Å². The van der Waals surface area contributed by atoms with Crippen LogP contribution in [0.3, 0.4) is 0 Å². The Morgan fingerprint density at radius 1 is 1.00 bits per heavy atom. The van der Waals surface area contributed by atoms with Gasteiger partial charge in [0.1, 0.15) is 0 Å². The fourth-order valence-electron chi connectivity index (χ4n) is 3.54. The van der Waals surface area contributed by atoms with Crippen molar-refractivity contribution >= 4 is 17.6 Å². The van der Waals surface area contributed by atoms with Crippen LogP contribution in [0, 0.1) is 5.92 Å². The molecule has 0 N–H and O–H groups in total. The van der Waals surface area contributed by atoms with Gasteiger partial charge in [0.05, 0.1) is 12.7 Å². The van der Waals surface area contributed by atoms with Crippen LogP contribution < -0.4 is 4.90 Å². The van der Waals surface area contributed by atoms with Crippen molar-refractivity contribution < 1.29 is 14.3 Å². The molecule has 1 heterocycles. The SMILES string of the molecule is COC(=O)c1ccc(N2CCN(C(=O)C3CCCC3)CC2)cc1. The van der Waals surface area contributed by atoms with Crippen LogP contribution in [0.2, 0.25) is 0 Å². The first-order chi connectivity index (χ1) is 11.2. The van der Waals surface area contributed by atoms with Crippen LogP contribution in [0.4, 0.5) is 5.69 Å². The van der Waals surface area contributed by atoms with Crippen molar-refractivity contribution in [2.45, 2.75) is 25.7 Å². The number of carbonyl (C=O) groups excluding carboxylic acids is 2. The van der Waals surface area contributed by atoms with E-state index in [4.69, 9.17) is 4.74 Å². The molecule has 1 amide bonds. The molecule has 0 atom stereocenters. The summed E-state index contributed by atoms with van der Waals surface area (Å²) >= 11 is 0. The molecular weight excluding hydrogens is 292 g/mol. The van der Waals surface area contributed by atoms with E-state index in [-0.39, 0.29) is 11.9 Å². The van der Waals surface area contributed by atoms with Gasteiger partial charge in [-0.25, -0.2) is 4.79 Å². The minimum absolute atomic E-state index is 0.265. The lowest BCUT2D eigenvalue weighted by Gasteiger charge is -2.37. The molecule has 1 aliphatic heterocycles. The minimum Gasteiger partial charge on any atom is -0.465 e. The molecule has 1 saturated heterocycles. The first-order valence-corrected chi connectivity index (χ1v) is 8.41. The van der Waals surface area contributed by atoms with Crippen molar-refractivity contribution in [1.82, 2.24) is 4.90 Å². The van der Waals surface area contributed by atoms with Gasteiger partial charge in [0.25, 0.3) is 0 Å². The number of methoxy groups -OCH3 is 1. The number of esters is 1. The van der Waals surface area contributed by atoms with E-state index in [0.717, 1.165) is 44.7 Å². The summed E-state index contributed by atoms with van der Waals surface area (Å²) in [5.41, 5.74) is 1.65. The van der Waals surface area contributed by atoms with Crippen molar-refractivity contribution in [2.75, 3.05) is 38.2 Å². The fraction of sp³-hybridized carbons (Fsp3) is 0.556. The van der Waals surface area contributed by atoms with E-state index in [1.54, 1.807) is 12.1 Å². The van der Waals surface area contributed by atoms with Crippen LogP contribution in [0.5, 0.6) is 0 Å². The van der Waals surface area contributed by atoms with Gasteiger partial charge in [-0.2, -0.15) is 0 Å². The van der Waals surface area contributed by atoms with Gasteiger partial charge in [0, 0.05) is 37.8 Å². The molecule has 2 fully saturated rings. The number of carbonyl (C=O) groups is 2. The van der Waals surface area contributed by atoms with Gasteiger partial charge in [-0.1, -0.05) is 12.8 Å². The van der Waals surface area contributed by atoms with Crippen LogP contribution in [0.25, 0.3) is 0 Å². The number of hydrogen-bond acceptors (Lipinski definition) is 4. The molecule has 23 heavy (non-hydrogen) atoms. The van der Waals surface area contributed by atoms with Crippen molar-refractivity contribution in [1.29, 1.82) is 0 Å². The zero-order chi connectivity index (χ0) is 16.2. The Balaban J connectivity index is 1.56. The third kappa shape index (κ3) is 3.49. The molecule has 1 aromatic rings. The summed E-state index contributed by atoms with van der Waals surface area (Å²) in [5.74, 6) is 0.299. The van der Waals surface area contributed by atoms with Crippen LogP contribution in [0.15, 0.2) is 24.3 Å². The minimum atomic E-state index is -0.316. The van der Waals surface area contributed by atoms with Crippen LogP contribution in [-0.4, -0.2) is 50.1 Å². The molecule has 1 saturated carbocycles. The topological polar surface area (TPSA) is 49.9 Å². The molecule has 5 nitrogen and oxygen atoms in total. The van der Waals surface area contributed by atoms with E-state index < -0.39 is 0 Å². The summed E-state index contributed by atoms with van der Waals surface area (Å²) in [6.07, 6.45) is 4.52. The highest BCUT2D eigenvalue weighted by Gasteiger charge is 2.29. The average molecular weight is 316 g/mol. The Labute approximate surface area is 137 Å². The van der Waals surface area contributed by atoms with Crippen molar-refractivity contribution in [2.24, 2.45) is 5.92 Å². The number of anilines is 1. The molecule has 0 aromatic heterocycles. The third-order valence-electron chi connectivity index (χ3n) is 4.95. The lowest BCUT2D eigenvalue weighted by atomic mass is 10.1. The first-order valence-electron chi connectivity index (χ1n) is 8.41. The fourth-order valence-corrected chi connectivity index (χ4v) is 3.54. The van der Waals surface area contributed by atoms with Gasteiger partial charge in [-0.15, -0.1) is 0 Å². The number of benzene rings is 1. The second-order valence-corrected chi connectivity index (χ2v) is 6.33. The van der Waals surface area contributed by atoms with E-state index >= 15 is 0 Å². The Kier molecular flexibility index (Phi) is 4.84. The highest BCUT2D eigenvalue weighted by Crippen LogP contribution is 2.27. The summed E-state index contributed by atoms with van der Waals surface area (Å²) in [7, 11) is 1.39. The molecule has 5 heteroatoms. The summed E-state index contributed by atoms with van der Waals surface area (Å²) in [5, 5.41) is 0. The summed E-state index contributed by atoms with van der Waals surface area (Å²) in [6, 6.07) is 7.47. The zero-order valence-electron chi connectivity index (χ0n) is 13.7. The number of ether oxygens (including phenoxy) is 1. The van der Waals surface area contributed by atoms with Crippen LogP contribution in [-0.2, 0) is 9.53 Å². The van der Waals surface area contributed by atoms with Gasteiger partial charge in [-0.3, -0.25) is 4.79 Å². The zero-order valence-corrected chi connectivity index (χ0v) is 13.7. The average Bonchev–Trinajstić information content (AvgIpc) is 3.15. The lowest BCUT2D eigenvalue weighted by Crippen LogP contribution is -2.50. The van der Waals surface area contributed by atoms with Crippen molar-refractivity contribution in [3.8, 4) is 0 Å². The quantitative estimate of drug-likeness (QED) is 0.803. The first kappa shape index (κ1) is 15.8. The summed E-state index contributed by atoms with van der Waals surface area (Å²) in [4.78, 5) is 28.2. The van der Waals surface area contributed by atoms with E-state index in [1.807, 2.05) is 17.0 Å². The molecule has 0 spiro atoms. The number of rotatable bonds is 3. The highest BCUT2D eigenvalue weighted by atomic mass is 16.5. The summed E-state index contributed by atoms with van der Waals surface area (Å²) < 4.78 is 4.71. The van der Waals surface area contributed by atoms with E-state index in [2.05, 4.69) is 4.90 Å². The maximum atomic E-state index is 12.5. The van der Waals surface area contributed by atoms with Gasteiger partial charge in [0.15, 0.2) is 0 Å². The van der Waals surface area contributed by atoms with Crippen LogP contribution >= 0.6 is 0 Å². The molecule has 1 aromatic carbocycles. The Hall–Kier alpha value is -2.04. The van der Waals surface area contributed by atoms with Crippen LogP contribution in [0.1, 0.15) is 36.0 Å². The molecule has 0 unspecified atom stereocenters. The van der Waals surface area contributed by atoms with E-state index in [0.29, 0.717) is 11.5 Å². The Morgan fingerprint density at radius 3 is 2.17 bits per heavy atom. The molecule has 124 valence electrons. The Bertz CT molecular complexity index is 556. The lowest BCUT2D eigenvalue weighted by molar-refractivity contribution is -0.135. The molecule has 0 radical (unpaired) electrons. The summed E-state index contributed by atoms with van der Waals surface area (Å²) in [6.45, 7) is 3.26. The standard InChI is InChI=1S/C18H24N2O3/c1-23-18(22)15-6-8-16(9-7-15)19-10-12-20(13-11-19)17(21)14-4-2-3-5-14/h6-9,14H,2-5,10-13H2,1H3. The predicted molar refractivity (Wildman–Crippen MR) is 88.5 cm³/mol. The second-order valence-electron chi connectivity index (χ2n) is 6.33.